The lowest BCUT2D eigenvalue weighted by Crippen LogP contribution is -2.25. The van der Waals surface area contributed by atoms with Crippen LogP contribution in [0.25, 0.3) is 0 Å². The molecule has 0 radical (unpaired) electrons. The number of aryl methyl sites for hydroxylation is 9. The molecule has 0 atom stereocenters. The normalized spacial score (nSPS) is 11.4. The molecule has 510 valence electrons. The number of nitrogens with one attached hydrogen (secondary N) is 6. The van der Waals surface area contributed by atoms with E-state index in [-0.39, 0.29) is 0 Å². The average molecular weight is 1370 g/mol. The smallest absolute Gasteiger partial charge is 0.421 e. The second-order valence-electron chi connectivity index (χ2n) is 19.7. The van der Waals surface area contributed by atoms with Crippen LogP contribution in [0.2, 0.25) is 0 Å². The Hall–Kier alpha value is -6.32. The fraction of sp³-hybridized carbons (Fsp3) is 0.518. The predicted molar refractivity (Wildman–Crippen MR) is 358 cm³/mol. The van der Waals surface area contributed by atoms with Gasteiger partial charge in [0.15, 0.2) is 0 Å². The number of hydrogen-bond donors (Lipinski definition) is 7. The number of unbranched alkanes of at least 4 members (excludes halogenated alkanes) is 4. The van der Waals surface area contributed by atoms with Crippen molar-refractivity contribution in [1.82, 2.24) is 29.7 Å². The monoisotopic (exact) mass is 1370 g/mol. The zero-order valence-electron chi connectivity index (χ0n) is 54.9. The first-order valence-corrected chi connectivity index (χ1v) is 35.1. The molecule has 3 aromatic carbocycles. The molecule has 6 rings (SSSR count). The zero-order valence-corrected chi connectivity index (χ0v) is 59.0. The van der Waals surface area contributed by atoms with E-state index >= 15 is 0 Å². The number of nitrogens with zero attached hydrogens (tertiary/aromatic N) is 12. The highest BCUT2D eigenvalue weighted by Gasteiger charge is 2.14. The molecule has 0 bridgehead atoms. The first-order valence-electron chi connectivity index (χ1n) is 28.6. The third-order valence-electron chi connectivity index (χ3n) is 12.3. The van der Waals surface area contributed by atoms with Crippen molar-refractivity contribution >= 4 is 105 Å². The van der Waals surface area contributed by atoms with E-state index in [0.717, 1.165) is 147 Å². The Kier molecular flexibility index (Phi) is 41.7. The van der Waals surface area contributed by atoms with Gasteiger partial charge in [0.25, 0.3) is 0 Å². The highest BCUT2D eigenvalue weighted by atomic mass is 33.1. The van der Waals surface area contributed by atoms with Crippen LogP contribution >= 0.6 is 21.6 Å². The molecule has 91 heavy (non-hydrogen) atoms. The molecule has 0 saturated heterocycles. The van der Waals surface area contributed by atoms with Crippen LogP contribution in [0.3, 0.4) is 0 Å². The lowest BCUT2D eigenvalue weighted by Gasteiger charge is -2.08. The predicted octanol–water partition coefficient (Wildman–Crippen LogP) is 7.96. The Morgan fingerprint density at radius 1 is 0.462 bits per heavy atom. The molecule has 0 amide bonds. The van der Waals surface area contributed by atoms with Gasteiger partial charge in [-0.15, -0.1) is 0 Å². The molecular weight excluding hydrogens is 1280 g/mol. The number of benzene rings is 3. The van der Waals surface area contributed by atoms with Crippen molar-refractivity contribution in [2.75, 3.05) is 109 Å². The second-order valence-corrected chi connectivity index (χ2v) is 25.9. The van der Waals surface area contributed by atoms with Gasteiger partial charge in [-0.1, -0.05) is 49.8 Å². The van der Waals surface area contributed by atoms with Gasteiger partial charge in [0.2, 0.25) is 20.8 Å². The van der Waals surface area contributed by atoms with Gasteiger partial charge < -0.3 is 41.0 Å². The van der Waals surface area contributed by atoms with Crippen molar-refractivity contribution < 1.29 is 65.2 Å². The first-order chi connectivity index (χ1) is 43.0. The van der Waals surface area contributed by atoms with Gasteiger partial charge in [0, 0.05) is 70.1 Å². The summed E-state index contributed by atoms with van der Waals surface area (Å²) in [5, 5.41) is 46.1. The van der Waals surface area contributed by atoms with Crippen molar-refractivity contribution in [1.29, 1.82) is 0 Å². The Labute approximate surface area is 546 Å². The Bertz CT molecular complexity index is 3220. The summed E-state index contributed by atoms with van der Waals surface area (Å²) in [5.74, 6) is 4.67. The lowest BCUT2D eigenvalue weighted by atomic mass is 10.1. The minimum Gasteiger partial charge on any atom is -0.726 e. The van der Waals surface area contributed by atoms with Crippen molar-refractivity contribution in [2.24, 2.45) is 73.0 Å². The Morgan fingerprint density at radius 2 is 0.736 bits per heavy atom. The Balaban J connectivity index is 0.000000599. The van der Waals surface area contributed by atoms with E-state index in [1.165, 1.54) is 32.1 Å². The van der Waals surface area contributed by atoms with Crippen LogP contribution in [0.5, 0.6) is 0 Å². The molecule has 0 fully saturated rings. The van der Waals surface area contributed by atoms with Gasteiger partial charge in [-0.3, -0.25) is 17.1 Å². The topological polar surface area (TPSA) is 369 Å². The molecule has 7 N–H and O–H groups in total. The van der Waals surface area contributed by atoms with Gasteiger partial charge in [0.05, 0.1) is 101 Å². The lowest BCUT2D eigenvalue weighted by molar-refractivity contribution is -0.657. The summed E-state index contributed by atoms with van der Waals surface area (Å²) in [6.07, 6.45) is 19.1. The van der Waals surface area contributed by atoms with Crippen molar-refractivity contribution in [3.8, 4) is 0 Å². The van der Waals surface area contributed by atoms with Gasteiger partial charge >= 0.3 is 28.2 Å². The van der Waals surface area contributed by atoms with Crippen LogP contribution in [0.1, 0.15) is 55.2 Å². The van der Waals surface area contributed by atoms with E-state index in [4.69, 9.17) is 4.55 Å². The van der Waals surface area contributed by atoms with Gasteiger partial charge in [0.1, 0.15) is 17.1 Å². The van der Waals surface area contributed by atoms with E-state index in [0.29, 0.717) is 0 Å². The van der Waals surface area contributed by atoms with Crippen LogP contribution in [0.4, 0.5) is 52.0 Å². The maximum Gasteiger partial charge on any atom is 0.421 e. The quantitative estimate of drug-likeness (QED) is 0.00542. The second kappa shape index (κ2) is 45.9. The molecule has 0 aliphatic carbocycles. The van der Waals surface area contributed by atoms with E-state index in [9.17, 15) is 34.4 Å². The summed E-state index contributed by atoms with van der Waals surface area (Å²) >= 11 is 0. The third-order valence-corrected chi connectivity index (χ3v) is 15.9. The molecule has 0 spiro atoms. The Morgan fingerprint density at radius 3 is 1.00 bits per heavy atom. The molecule has 0 aliphatic rings. The molecule has 3 aromatic heterocycles. The van der Waals surface area contributed by atoms with E-state index in [1.54, 1.807) is 0 Å². The number of aromatic nitrogens is 6. The number of imidazole rings is 3. The maximum atomic E-state index is 9.33. The van der Waals surface area contributed by atoms with E-state index < -0.39 is 31.2 Å². The van der Waals surface area contributed by atoms with Gasteiger partial charge in [-0.2, -0.15) is 8.42 Å². The molecular formula is C56H95N18O12S5+. The largest absolute Gasteiger partial charge is 0.726 e. The summed E-state index contributed by atoms with van der Waals surface area (Å²) in [7, 11) is 11.1. The molecule has 30 nitrogen and oxygen atoms in total. The summed E-state index contributed by atoms with van der Waals surface area (Å²) in [5.41, 5.74) is 9.45. The molecule has 0 saturated carbocycles. The summed E-state index contributed by atoms with van der Waals surface area (Å²) in [6.45, 7) is 12.4. The summed E-state index contributed by atoms with van der Waals surface area (Å²) in [6, 6.07) is 18.6. The number of anilines is 3. The van der Waals surface area contributed by atoms with Gasteiger partial charge in [-0.05, 0) is 152 Å². The molecule has 35 heteroatoms. The van der Waals surface area contributed by atoms with Crippen LogP contribution in [-0.2, 0) is 86.0 Å². The zero-order chi connectivity index (χ0) is 68.4. The number of rotatable bonds is 31. The highest BCUT2D eigenvalue weighted by Crippen LogP contribution is 2.27. The molecule has 0 aliphatic heterocycles. The minimum absolute atomic E-state index is 0.808. The van der Waals surface area contributed by atoms with Crippen LogP contribution in [-0.4, -0.2) is 146 Å². The van der Waals surface area contributed by atoms with Crippen molar-refractivity contribution in [3.05, 3.63) is 108 Å². The SMILES string of the molecule is CNCCCCCCNc1ccc(N=Nc2n(C)cc[n+]2C)c(C)c1.CNCCCCNc1ccc(N=Nc2n(C)cc[n+]2C)c(C)c1.CNCCSSCCNc1ccc(N=Nc2n(C)cc[n+]2C)c(C)c1.COS(=O)(=O)O.COS(=O)(=O)[O-].COS(=O)(=O)[O-]. The van der Waals surface area contributed by atoms with Gasteiger partial charge in [-0.25, -0.2) is 44.2 Å². The molecule has 3 heterocycles. The van der Waals surface area contributed by atoms with Crippen LogP contribution in [0.15, 0.2) is 122 Å². The number of azo groups is 3. The van der Waals surface area contributed by atoms with Crippen molar-refractivity contribution in [2.45, 2.75) is 59.3 Å². The van der Waals surface area contributed by atoms with Crippen molar-refractivity contribution in [3.63, 3.8) is 0 Å². The maximum absolute atomic E-state index is 9.33. The number of hydrogen-bond acceptors (Lipinski definition) is 25. The fourth-order valence-electron chi connectivity index (χ4n) is 7.27. The standard InChI is InChI=1S/C19H30N6.C17H26N6S2.C17H26N6.3CH4O4S/c1-16-15-17(21-12-8-6-5-7-11-20-2)9-10-18(16)22-23-19-24(3)13-14-25(19)4;1-14-13-15(19-8-12-25-24-11-7-18-2)5-6-16(14)20-21-17-22(3)9-10-23(17)4;1-14-13-15(19-10-6-5-9-18-2)7-8-16(14)20-21-17-22(3)11-12-23(17)4;3*1-5-6(2,3)4/h9-10,13-15,20H,5-8,11-12H2,1-4H3;5-6,9-10,13,18H,7-8,11-12H2,1-4H3;7-8,11-13,18H,5-6,9-10H2,1-4H3;3*1H3,(H,2,3,4)/p+1. The van der Waals surface area contributed by atoms with Crippen LogP contribution in [0, 0.1) is 20.8 Å². The minimum atomic E-state index is -4.41. The summed E-state index contributed by atoms with van der Waals surface area (Å²) < 4.78 is 103. The molecule has 0 unspecified atom stereocenters. The van der Waals surface area contributed by atoms with E-state index in [2.05, 4.69) is 132 Å². The first kappa shape index (κ1) is 82.7. The van der Waals surface area contributed by atoms with Crippen LogP contribution < -0.4 is 45.6 Å². The highest BCUT2D eigenvalue weighted by molar-refractivity contribution is 8.76. The average Bonchev–Trinajstić information content (AvgIpc) is 2.27. The molecule has 6 aromatic rings. The third kappa shape index (κ3) is 38.3. The summed E-state index contributed by atoms with van der Waals surface area (Å²) in [4.78, 5) is 0. The fourth-order valence-corrected chi connectivity index (χ4v) is 9.19. The van der Waals surface area contributed by atoms with E-state index in [1.807, 2.05) is 168 Å².